The number of hydrogen-bond donors (Lipinski definition) is 1. The number of nitrogens with zero attached hydrogens (tertiary/aromatic N) is 2. The van der Waals surface area contributed by atoms with Crippen molar-refractivity contribution in [1.29, 1.82) is 5.26 Å². The van der Waals surface area contributed by atoms with Crippen LogP contribution in [0.25, 0.3) is 0 Å². The first kappa shape index (κ1) is 16.9. The van der Waals surface area contributed by atoms with Gasteiger partial charge in [0.1, 0.15) is 5.75 Å². The third-order valence-electron chi connectivity index (χ3n) is 3.16. The van der Waals surface area contributed by atoms with Crippen LogP contribution in [0.3, 0.4) is 0 Å². The molecule has 0 aliphatic heterocycles. The zero-order valence-corrected chi connectivity index (χ0v) is 12.5. The van der Waals surface area contributed by atoms with Gasteiger partial charge in [-0.25, -0.2) is 0 Å². The van der Waals surface area contributed by atoms with Crippen LogP contribution in [0.2, 0.25) is 0 Å². The van der Waals surface area contributed by atoms with Gasteiger partial charge in [-0.3, -0.25) is 10.1 Å². The summed E-state index contributed by atoms with van der Waals surface area (Å²) in [7, 11) is 0. The van der Waals surface area contributed by atoms with Crippen molar-refractivity contribution < 1.29 is 14.8 Å². The van der Waals surface area contributed by atoms with Gasteiger partial charge in [0.15, 0.2) is 0 Å². The molecule has 6 nitrogen and oxygen atoms in total. The molecule has 0 spiro atoms. The van der Waals surface area contributed by atoms with Gasteiger partial charge in [0.2, 0.25) is 0 Å². The van der Waals surface area contributed by atoms with Crippen LogP contribution < -0.4 is 4.74 Å². The maximum Gasteiger partial charge on any atom is 0.270 e. The minimum Gasteiger partial charge on any atom is -0.493 e. The second-order valence-corrected chi connectivity index (χ2v) is 5.60. The topological polar surface area (TPSA) is 96.4 Å². The van der Waals surface area contributed by atoms with Crippen LogP contribution in [-0.2, 0) is 0 Å². The first-order valence-corrected chi connectivity index (χ1v) is 6.77. The molecule has 1 atom stereocenters. The number of ether oxygens (including phenoxy) is 1. The summed E-state index contributed by atoms with van der Waals surface area (Å²) in [6.45, 7) is 5.65. The Morgan fingerprint density at radius 1 is 1.52 bits per heavy atom. The summed E-state index contributed by atoms with van der Waals surface area (Å²) >= 11 is 0. The van der Waals surface area contributed by atoms with Gasteiger partial charge >= 0.3 is 0 Å². The van der Waals surface area contributed by atoms with Crippen LogP contribution in [0.4, 0.5) is 5.69 Å². The van der Waals surface area contributed by atoms with E-state index in [0.29, 0.717) is 30.8 Å². The average Bonchev–Trinajstić information content (AvgIpc) is 2.43. The first-order chi connectivity index (χ1) is 9.76. The number of benzene rings is 1. The van der Waals surface area contributed by atoms with E-state index in [4.69, 9.17) is 10.00 Å². The monoisotopic (exact) mass is 292 g/mol. The third kappa shape index (κ3) is 5.04. The lowest BCUT2D eigenvalue weighted by Crippen LogP contribution is -2.10. The molecule has 6 heteroatoms. The van der Waals surface area contributed by atoms with Crippen molar-refractivity contribution in [1.82, 2.24) is 0 Å². The Kier molecular flexibility index (Phi) is 5.68. The molecule has 0 aliphatic rings. The highest BCUT2D eigenvalue weighted by molar-refractivity contribution is 5.44. The lowest BCUT2D eigenvalue weighted by Gasteiger charge is -2.16. The van der Waals surface area contributed by atoms with Gasteiger partial charge in [0, 0.05) is 17.7 Å². The lowest BCUT2D eigenvalue weighted by atomic mass is 9.90. The fourth-order valence-electron chi connectivity index (χ4n) is 1.86. The summed E-state index contributed by atoms with van der Waals surface area (Å²) in [5.74, 6) is 0.436. The third-order valence-corrected chi connectivity index (χ3v) is 3.16. The molecule has 0 bridgehead atoms. The number of rotatable bonds is 7. The zero-order valence-electron chi connectivity index (χ0n) is 12.5. The van der Waals surface area contributed by atoms with Gasteiger partial charge in [0.25, 0.3) is 5.69 Å². The van der Waals surface area contributed by atoms with E-state index in [0.717, 1.165) is 0 Å². The summed E-state index contributed by atoms with van der Waals surface area (Å²) in [6, 6.07) is 6.38. The van der Waals surface area contributed by atoms with Crippen LogP contribution in [-0.4, -0.2) is 16.6 Å². The highest BCUT2D eigenvalue weighted by Crippen LogP contribution is 2.30. The summed E-state index contributed by atoms with van der Waals surface area (Å²) in [5, 5.41) is 29.4. The molecule has 1 rings (SSSR count). The Hall–Kier alpha value is -2.13. The fraction of sp³-hybridized carbons (Fsp3) is 0.533. The van der Waals surface area contributed by atoms with Gasteiger partial charge < -0.3 is 9.84 Å². The smallest absolute Gasteiger partial charge is 0.270 e. The van der Waals surface area contributed by atoms with E-state index in [1.807, 2.05) is 13.8 Å². The fourth-order valence-corrected chi connectivity index (χ4v) is 1.86. The molecule has 0 aromatic heterocycles. The average molecular weight is 292 g/mol. The molecule has 0 fully saturated rings. The zero-order chi connectivity index (χ0) is 16.0. The molecule has 0 radical (unpaired) electrons. The molecule has 1 unspecified atom stereocenters. The van der Waals surface area contributed by atoms with Crippen LogP contribution in [0.5, 0.6) is 5.75 Å². The van der Waals surface area contributed by atoms with Crippen LogP contribution in [0.1, 0.15) is 45.3 Å². The lowest BCUT2D eigenvalue weighted by molar-refractivity contribution is -0.385. The summed E-state index contributed by atoms with van der Waals surface area (Å²) in [4.78, 5) is 10.2. The predicted molar refractivity (Wildman–Crippen MR) is 77.9 cm³/mol. The summed E-state index contributed by atoms with van der Waals surface area (Å²) in [5.41, 5.74) is -0.0843. The Bertz CT molecular complexity index is 547. The highest BCUT2D eigenvalue weighted by Gasteiger charge is 2.17. The van der Waals surface area contributed by atoms with Crippen LogP contribution in [0.15, 0.2) is 18.2 Å². The minimum atomic E-state index is -0.851. The maximum absolute atomic E-state index is 10.7. The van der Waals surface area contributed by atoms with E-state index in [9.17, 15) is 15.2 Å². The molecular formula is C15H20N2O4. The maximum atomic E-state index is 10.7. The number of non-ortho nitro benzene ring substituents is 1. The van der Waals surface area contributed by atoms with Gasteiger partial charge in [-0.1, -0.05) is 0 Å². The Morgan fingerprint density at radius 3 is 2.71 bits per heavy atom. The van der Waals surface area contributed by atoms with E-state index in [1.54, 1.807) is 0 Å². The molecule has 0 amide bonds. The van der Waals surface area contributed by atoms with Crippen molar-refractivity contribution in [2.75, 3.05) is 6.61 Å². The number of nitriles is 1. The van der Waals surface area contributed by atoms with Crippen molar-refractivity contribution in [3.05, 3.63) is 33.9 Å². The highest BCUT2D eigenvalue weighted by atomic mass is 16.6. The van der Waals surface area contributed by atoms with Gasteiger partial charge in [-0.2, -0.15) is 5.26 Å². The molecule has 0 heterocycles. The normalized spacial score (nSPS) is 12.5. The van der Waals surface area contributed by atoms with Gasteiger partial charge in [-0.15, -0.1) is 0 Å². The van der Waals surface area contributed by atoms with Crippen molar-refractivity contribution >= 4 is 5.69 Å². The molecule has 0 aliphatic carbocycles. The van der Waals surface area contributed by atoms with E-state index in [2.05, 4.69) is 6.07 Å². The molecule has 0 saturated heterocycles. The number of nitro benzene ring substituents is 1. The number of aliphatic hydroxyl groups excluding tert-OH is 1. The standard InChI is InChI=1S/C15H20N2O4/c1-11(18)13-9-12(17(19)20)5-6-14(13)21-8-4-7-15(2,3)10-16/h5-6,9,11,18H,4,7-8H2,1-3H3. The van der Waals surface area contributed by atoms with Crippen molar-refractivity contribution in [3.8, 4) is 11.8 Å². The predicted octanol–water partition coefficient (Wildman–Crippen LogP) is 3.36. The Morgan fingerprint density at radius 2 is 2.19 bits per heavy atom. The molecule has 1 N–H and O–H groups in total. The van der Waals surface area contributed by atoms with Crippen LogP contribution in [0, 0.1) is 26.9 Å². The van der Waals surface area contributed by atoms with Gasteiger partial charge in [0.05, 0.1) is 29.1 Å². The van der Waals surface area contributed by atoms with E-state index in [-0.39, 0.29) is 5.69 Å². The number of aliphatic hydroxyl groups is 1. The second kappa shape index (κ2) is 7.04. The number of hydrogen-bond acceptors (Lipinski definition) is 5. The largest absolute Gasteiger partial charge is 0.493 e. The Labute approximate surface area is 124 Å². The van der Waals surface area contributed by atoms with E-state index in [1.165, 1.54) is 25.1 Å². The van der Waals surface area contributed by atoms with Gasteiger partial charge in [-0.05, 0) is 39.7 Å². The second-order valence-electron chi connectivity index (χ2n) is 5.60. The summed E-state index contributed by atoms with van der Waals surface area (Å²) in [6.07, 6.45) is 0.535. The van der Waals surface area contributed by atoms with E-state index >= 15 is 0 Å². The number of nitro groups is 1. The summed E-state index contributed by atoms with van der Waals surface area (Å²) < 4.78 is 5.58. The molecule has 1 aromatic rings. The molecule has 1 aromatic carbocycles. The molecule has 114 valence electrons. The first-order valence-electron chi connectivity index (χ1n) is 6.77. The van der Waals surface area contributed by atoms with Crippen LogP contribution >= 0.6 is 0 Å². The molecule has 0 saturated carbocycles. The molecule has 21 heavy (non-hydrogen) atoms. The quantitative estimate of drug-likeness (QED) is 0.472. The van der Waals surface area contributed by atoms with Crippen molar-refractivity contribution in [2.45, 2.75) is 39.7 Å². The van der Waals surface area contributed by atoms with E-state index < -0.39 is 16.4 Å². The molecular weight excluding hydrogens is 272 g/mol. The van der Waals surface area contributed by atoms with Crippen molar-refractivity contribution in [2.24, 2.45) is 5.41 Å². The SMILES string of the molecule is CC(O)c1cc([N+](=O)[O-])ccc1OCCCC(C)(C)C#N. The Balaban J connectivity index is 2.71. The van der Waals surface area contributed by atoms with Crippen molar-refractivity contribution in [3.63, 3.8) is 0 Å². The minimum absolute atomic E-state index is 0.0798.